The molecule has 0 spiro atoms. The van der Waals surface area contributed by atoms with Gasteiger partial charge in [0.05, 0.1) is 24.5 Å². The zero-order valence-electron chi connectivity index (χ0n) is 22.5. The predicted octanol–water partition coefficient (Wildman–Crippen LogP) is 6.63. The molecule has 1 aliphatic heterocycles. The van der Waals surface area contributed by atoms with Crippen LogP contribution in [0, 0.1) is 17.7 Å². The Bertz CT molecular complexity index is 1500. The Morgan fingerprint density at radius 1 is 1.15 bits per heavy atom. The van der Waals surface area contributed by atoms with E-state index in [1.165, 1.54) is 36.0 Å². The van der Waals surface area contributed by atoms with Gasteiger partial charge < -0.3 is 20.8 Å². The monoisotopic (exact) mass is 537 g/mol. The molecular formula is C32H32FN5O2. The maximum absolute atomic E-state index is 13.5. The average Bonchev–Trinajstić information content (AvgIpc) is 3.59. The Morgan fingerprint density at radius 3 is 2.73 bits per heavy atom. The van der Waals surface area contributed by atoms with Crippen LogP contribution in [0.2, 0.25) is 0 Å². The SMILES string of the molecule is COc1ncccc1NC(=O)NC(C[C@H]1CCC2=C1[C@@H](C)C1=CNN(c3ccc(F)cc3)C1=C2)c1ccccc1. The molecule has 2 heterocycles. The highest BCUT2D eigenvalue weighted by Gasteiger charge is 2.39. The van der Waals surface area contributed by atoms with Gasteiger partial charge >= 0.3 is 6.03 Å². The number of carbonyl (C=O) groups excluding carboxylic acids is 1. The summed E-state index contributed by atoms with van der Waals surface area (Å²) in [4.78, 5) is 17.3. The molecule has 6 rings (SSSR count). The molecule has 1 aromatic heterocycles. The van der Waals surface area contributed by atoms with E-state index in [1.54, 1.807) is 30.5 Å². The summed E-state index contributed by atoms with van der Waals surface area (Å²) >= 11 is 0. The lowest BCUT2D eigenvalue weighted by atomic mass is 9.78. The van der Waals surface area contributed by atoms with Gasteiger partial charge in [-0.25, -0.2) is 14.2 Å². The molecule has 3 aromatic rings. The lowest BCUT2D eigenvalue weighted by Crippen LogP contribution is -2.34. The number of methoxy groups -OCH3 is 1. The zero-order chi connectivity index (χ0) is 27.6. The maximum Gasteiger partial charge on any atom is 0.319 e. The van der Waals surface area contributed by atoms with Gasteiger partial charge in [0.1, 0.15) is 11.5 Å². The highest BCUT2D eigenvalue weighted by Crippen LogP contribution is 2.49. The lowest BCUT2D eigenvalue weighted by Gasteiger charge is -2.31. The average molecular weight is 538 g/mol. The number of nitrogens with zero attached hydrogens (tertiary/aromatic N) is 2. The number of amides is 2. The minimum Gasteiger partial charge on any atom is -0.480 e. The molecule has 7 nitrogen and oxygen atoms in total. The van der Waals surface area contributed by atoms with E-state index < -0.39 is 0 Å². The van der Waals surface area contributed by atoms with Crippen molar-refractivity contribution in [2.75, 3.05) is 17.4 Å². The number of nitrogens with one attached hydrogen (secondary N) is 3. The van der Waals surface area contributed by atoms with Crippen LogP contribution in [-0.4, -0.2) is 18.1 Å². The third kappa shape index (κ3) is 4.93. The summed E-state index contributed by atoms with van der Waals surface area (Å²) in [5.74, 6) is 0.666. The lowest BCUT2D eigenvalue weighted by molar-refractivity contribution is 0.246. The van der Waals surface area contributed by atoms with E-state index >= 15 is 0 Å². The number of pyridine rings is 1. The van der Waals surface area contributed by atoms with Gasteiger partial charge in [0.25, 0.3) is 0 Å². The smallest absolute Gasteiger partial charge is 0.319 e. The van der Waals surface area contributed by atoms with Gasteiger partial charge in [-0.3, -0.25) is 5.01 Å². The molecule has 40 heavy (non-hydrogen) atoms. The van der Waals surface area contributed by atoms with Crippen LogP contribution in [0.5, 0.6) is 5.88 Å². The number of anilines is 2. The van der Waals surface area contributed by atoms with Crippen LogP contribution < -0.4 is 25.8 Å². The van der Waals surface area contributed by atoms with Crippen LogP contribution in [0.1, 0.15) is 37.8 Å². The number of carbonyl (C=O) groups is 1. The first-order chi connectivity index (χ1) is 19.5. The van der Waals surface area contributed by atoms with Crippen molar-refractivity contribution in [3.8, 4) is 5.88 Å². The molecule has 0 bridgehead atoms. The minimum absolute atomic E-state index is 0.176. The molecule has 2 aliphatic carbocycles. The van der Waals surface area contributed by atoms with Crippen molar-refractivity contribution in [2.24, 2.45) is 11.8 Å². The molecule has 0 saturated carbocycles. The van der Waals surface area contributed by atoms with E-state index in [0.717, 1.165) is 36.2 Å². The van der Waals surface area contributed by atoms with Crippen LogP contribution in [0.15, 0.2) is 108 Å². The van der Waals surface area contributed by atoms with Gasteiger partial charge in [-0.2, -0.15) is 0 Å². The first-order valence-electron chi connectivity index (χ1n) is 13.6. The molecule has 3 atom stereocenters. The summed E-state index contributed by atoms with van der Waals surface area (Å²) in [5, 5.41) is 8.13. The number of benzene rings is 2. The molecular weight excluding hydrogens is 505 g/mol. The Hall–Kier alpha value is -4.59. The van der Waals surface area contributed by atoms with Crippen LogP contribution in [0.25, 0.3) is 0 Å². The van der Waals surface area contributed by atoms with Gasteiger partial charge in [0.15, 0.2) is 0 Å². The van der Waals surface area contributed by atoms with E-state index in [0.29, 0.717) is 17.5 Å². The van der Waals surface area contributed by atoms with E-state index in [1.807, 2.05) is 23.2 Å². The van der Waals surface area contributed by atoms with Crippen molar-refractivity contribution in [2.45, 2.75) is 32.2 Å². The van der Waals surface area contributed by atoms with Crippen LogP contribution in [-0.2, 0) is 0 Å². The summed E-state index contributed by atoms with van der Waals surface area (Å²) in [5.41, 5.74) is 11.0. The Kier molecular flexibility index (Phi) is 6.99. The molecule has 1 unspecified atom stereocenters. The Balaban J connectivity index is 1.24. The Morgan fingerprint density at radius 2 is 1.95 bits per heavy atom. The van der Waals surface area contributed by atoms with Crippen LogP contribution in [0.3, 0.4) is 0 Å². The summed E-state index contributed by atoms with van der Waals surface area (Å²) in [6, 6.07) is 19.7. The van der Waals surface area contributed by atoms with Gasteiger partial charge in [0.2, 0.25) is 5.88 Å². The fourth-order valence-corrected chi connectivity index (χ4v) is 6.17. The number of halogens is 1. The molecule has 2 amide bonds. The quantitative estimate of drug-likeness (QED) is 0.315. The topological polar surface area (TPSA) is 78.5 Å². The Labute approximate surface area is 233 Å². The molecule has 0 radical (unpaired) electrons. The normalized spacial score (nSPS) is 20.1. The van der Waals surface area contributed by atoms with Crippen molar-refractivity contribution < 1.29 is 13.9 Å². The number of fused-ring (bicyclic) bond motifs is 1. The summed E-state index contributed by atoms with van der Waals surface area (Å²) < 4.78 is 18.8. The van der Waals surface area contributed by atoms with E-state index in [4.69, 9.17) is 4.74 Å². The van der Waals surface area contributed by atoms with Crippen LogP contribution in [0.4, 0.5) is 20.6 Å². The van der Waals surface area contributed by atoms with E-state index in [2.05, 4.69) is 52.4 Å². The van der Waals surface area contributed by atoms with Crippen molar-refractivity contribution in [3.05, 3.63) is 119 Å². The van der Waals surface area contributed by atoms with Crippen molar-refractivity contribution >= 4 is 17.4 Å². The highest BCUT2D eigenvalue weighted by molar-refractivity contribution is 5.90. The van der Waals surface area contributed by atoms with Crippen molar-refractivity contribution in [3.63, 3.8) is 0 Å². The number of rotatable bonds is 7. The molecule has 0 fully saturated rings. The number of aromatic nitrogens is 1. The number of ether oxygens (including phenoxy) is 1. The van der Waals surface area contributed by atoms with E-state index in [-0.39, 0.29) is 23.8 Å². The minimum atomic E-state index is -0.302. The molecule has 3 N–H and O–H groups in total. The van der Waals surface area contributed by atoms with Gasteiger partial charge in [-0.15, -0.1) is 0 Å². The second-order valence-electron chi connectivity index (χ2n) is 10.4. The standard InChI is InChI=1S/C32H32FN5O2/c1-20-26-19-35-38(25-14-12-24(33)13-15-25)29(26)18-23-11-10-22(30(20)23)17-28(21-7-4-3-5-8-21)37-32(39)36-27-9-6-16-34-31(27)40-2/h3-9,12-16,18-20,22,28,35H,10-11,17H2,1-2H3,(H2,36,37,39)/t20-,22+,28?/m0/s1. The first-order valence-corrected chi connectivity index (χ1v) is 13.6. The number of hydrogen-bond acceptors (Lipinski definition) is 5. The predicted molar refractivity (Wildman–Crippen MR) is 154 cm³/mol. The fourth-order valence-electron chi connectivity index (χ4n) is 6.17. The molecule has 2 aromatic carbocycles. The highest BCUT2D eigenvalue weighted by atomic mass is 19.1. The van der Waals surface area contributed by atoms with Crippen molar-refractivity contribution in [1.29, 1.82) is 0 Å². The third-order valence-corrected chi connectivity index (χ3v) is 8.03. The van der Waals surface area contributed by atoms with Crippen LogP contribution >= 0.6 is 0 Å². The molecule has 204 valence electrons. The molecule has 0 saturated heterocycles. The molecule has 8 heteroatoms. The number of hydrazine groups is 1. The maximum atomic E-state index is 13.5. The summed E-state index contributed by atoms with van der Waals surface area (Å²) in [6.45, 7) is 2.26. The summed E-state index contributed by atoms with van der Waals surface area (Å²) in [7, 11) is 1.53. The van der Waals surface area contributed by atoms with Gasteiger partial charge in [-0.05, 0) is 78.8 Å². The number of hydrogen-bond donors (Lipinski definition) is 3. The fraction of sp³-hybridized carbons (Fsp3) is 0.250. The van der Waals surface area contributed by atoms with Gasteiger partial charge in [-0.1, -0.05) is 42.8 Å². The van der Waals surface area contributed by atoms with Gasteiger partial charge in [0, 0.05) is 23.9 Å². The third-order valence-electron chi connectivity index (χ3n) is 8.03. The van der Waals surface area contributed by atoms with E-state index in [9.17, 15) is 9.18 Å². The number of allylic oxidation sites excluding steroid dienone is 4. The zero-order valence-corrected chi connectivity index (χ0v) is 22.5. The molecule has 3 aliphatic rings. The second kappa shape index (κ2) is 10.9. The largest absolute Gasteiger partial charge is 0.480 e. The number of urea groups is 1. The first kappa shape index (κ1) is 25.7. The summed E-state index contributed by atoms with van der Waals surface area (Å²) in [6.07, 6.45) is 8.76. The van der Waals surface area contributed by atoms with Crippen molar-refractivity contribution in [1.82, 2.24) is 15.7 Å². The second-order valence-corrected chi connectivity index (χ2v) is 10.4.